The summed E-state index contributed by atoms with van der Waals surface area (Å²) in [5.74, 6) is 3.23. The molecule has 7 heteroatoms. The highest BCUT2D eigenvalue weighted by Crippen LogP contribution is 2.44. The zero-order valence-electron chi connectivity index (χ0n) is 12.8. The van der Waals surface area contributed by atoms with Crippen molar-refractivity contribution in [2.45, 2.75) is 12.2 Å². The third kappa shape index (κ3) is 2.71. The van der Waals surface area contributed by atoms with E-state index in [2.05, 4.69) is 22.6 Å². The molecule has 2 atom stereocenters. The third-order valence-electron chi connectivity index (χ3n) is 3.96. The summed E-state index contributed by atoms with van der Waals surface area (Å²) >= 11 is 2.19. The highest BCUT2D eigenvalue weighted by molar-refractivity contribution is 14.1. The van der Waals surface area contributed by atoms with E-state index in [9.17, 15) is 5.11 Å². The Morgan fingerprint density at radius 1 is 1.08 bits per heavy atom. The smallest absolute Gasteiger partial charge is 0.231 e. The summed E-state index contributed by atoms with van der Waals surface area (Å²) in [4.78, 5) is 0. The zero-order chi connectivity index (χ0) is 16.7. The maximum Gasteiger partial charge on any atom is 0.231 e. The third-order valence-corrected chi connectivity index (χ3v) is 4.85. The first kappa shape index (κ1) is 15.6. The lowest BCUT2D eigenvalue weighted by Crippen LogP contribution is -2.34. The Hall–Kier alpha value is -1.87. The highest BCUT2D eigenvalue weighted by Gasteiger charge is 2.34. The van der Waals surface area contributed by atoms with Gasteiger partial charge in [0.25, 0.3) is 0 Å². The van der Waals surface area contributed by atoms with Gasteiger partial charge in [-0.15, -0.1) is 0 Å². The molecule has 0 unspecified atom stereocenters. The van der Waals surface area contributed by atoms with Crippen LogP contribution in [0.3, 0.4) is 0 Å². The molecule has 2 heterocycles. The minimum absolute atomic E-state index is 0.151. The number of fused-ring (bicyclic) bond motifs is 2. The average molecular weight is 442 g/mol. The molecular weight excluding hydrogens is 427 g/mol. The molecule has 0 fully saturated rings. The molecule has 6 nitrogen and oxygen atoms in total. The number of methoxy groups -OCH3 is 1. The first-order valence-corrected chi connectivity index (χ1v) is 8.48. The number of hydrogen-bond donors (Lipinski definition) is 1. The number of ether oxygens (including phenoxy) is 5. The van der Waals surface area contributed by atoms with Crippen molar-refractivity contribution >= 4 is 22.6 Å². The lowest BCUT2D eigenvalue weighted by atomic mass is 10.00. The van der Waals surface area contributed by atoms with Gasteiger partial charge in [0.2, 0.25) is 6.79 Å². The Balaban J connectivity index is 1.71. The SMILES string of the molecule is COc1ccc(I)c(O[C@@H]2c3cc4c(cc3OC[C@H]2O)OCO4)c1. The largest absolute Gasteiger partial charge is 0.497 e. The molecular formula is C17H15IO6. The van der Waals surface area contributed by atoms with Crippen LogP contribution in [0.25, 0.3) is 0 Å². The predicted octanol–water partition coefficient (Wildman–Crippen LogP) is 2.90. The van der Waals surface area contributed by atoms with Crippen molar-refractivity contribution in [1.82, 2.24) is 0 Å². The van der Waals surface area contributed by atoms with Crippen LogP contribution in [0.15, 0.2) is 30.3 Å². The van der Waals surface area contributed by atoms with Crippen LogP contribution in [0.4, 0.5) is 0 Å². The van der Waals surface area contributed by atoms with Gasteiger partial charge in [-0.1, -0.05) is 0 Å². The van der Waals surface area contributed by atoms with E-state index in [1.165, 1.54) is 0 Å². The molecule has 0 amide bonds. The lowest BCUT2D eigenvalue weighted by molar-refractivity contribution is -0.0125. The van der Waals surface area contributed by atoms with Crippen LogP contribution >= 0.6 is 22.6 Å². The minimum atomic E-state index is -0.792. The molecule has 2 aliphatic heterocycles. The summed E-state index contributed by atoms with van der Waals surface area (Å²) in [6.45, 7) is 0.331. The van der Waals surface area contributed by atoms with Gasteiger partial charge in [-0.25, -0.2) is 0 Å². The van der Waals surface area contributed by atoms with Crippen molar-refractivity contribution in [3.63, 3.8) is 0 Å². The Morgan fingerprint density at radius 3 is 2.67 bits per heavy atom. The maximum absolute atomic E-state index is 10.4. The molecule has 0 aliphatic carbocycles. The van der Waals surface area contributed by atoms with Crippen LogP contribution in [-0.2, 0) is 0 Å². The van der Waals surface area contributed by atoms with Crippen molar-refractivity contribution in [3.05, 3.63) is 39.5 Å². The molecule has 0 bridgehead atoms. The van der Waals surface area contributed by atoms with E-state index in [1.807, 2.05) is 12.1 Å². The normalized spacial score (nSPS) is 21.0. The first-order chi connectivity index (χ1) is 11.7. The van der Waals surface area contributed by atoms with Crippen LogP contribution in [0.2, 0.25) is 0 Å². The van der Waals surface area contributed by atoms with E-state index in [4.69, 9.17) is 23.7 Å². The van der Waals surface area contributed by atoms with Crippen LogP contribution in [0.1, 0.15) is 11.7 Å². The number of aliphatic hydroxyl groups is 1. The number of hydrogen-bond acceptors (Lipinski definition) is 6. The molecule has 24 heavy (non-hydrogen) atoms. The first-order valence-electron chi connectivity index (χ1n) is 7.40. The number of halogens is 1. The summed E-state index contributed by atoms with van der Waals surface area (Å²) in [7, 11) is 1.60. The van der Waals surface area contributed by atoms with E-state index in [0.29, 0.717) is 28.7 Å². The van der Waals surface area contributed by atoms with Crippen LogP contribution < -0.4 is 23.7 Å². The van der Waals surface area contributed by atoms with Gasteiger partial charge >= 0.3 is 0 Å². The topological polar surface area (TPSA) is 66.4 Å². The quantitative estimate of drug-likeness (QED) is 0.738. The monoisotopic (exact) mass is 442 g/mol. The van der Waals surface area contributed by atoms with E-state index >= 15 is 0 Å². The van der Waals surface area contributed by atoms with E-state index < -0.39 is 12.2 Å². The van der Waals surface area contributed by atoms with E-state index in [0.717, 1.165) is 9.13 Å². The van der Waals surface area contributed by atoms with Crippen LogP contribution in [0, 0.1) is 3.57 Å². The molecule has 2 aromatic carbocycles. The molecule has 0 aromatic heterocycles. The van der Waals surface area contributed by atoms with Crippen LogP contribution in [-0.4, -0.2) is 31.7 Å². The van der Waals surface area contributed by atoms with Gasteiger partial charge in [-0.2, -0.15) is 0 Å². The number of aliphatic hydroxyl groups excluding tert-OH is 1. The van der Waals surface area contributed by atoms with Crippen molar-refractivity contribution in [2.75, 3.05) is 20.5 Å². The van der Waals surface area contributed by atoms with Gasteiger partial charge in [0.05, 0.1) is 10.7 Å². The van der Waals surface area contributed by atoms with Crippen LogP contribution in [0.5, 0.6) is 28.7 Å². The van der Waals surface area contributed by atoms with Gasteiger partial charge in [0.1, 0.15) is 30.0 Å². The Labute approximate surface area is 152 Å². The molecule has 2 aromatic rings. The summed E-state index contributed by atoms with van der Waals surface area (Å²) < 4.78 is 28.7. The van der Waals surface area contributed by atoms with Crippen molar-refractivity contribution in [1.29, 1.82) is 0 Å². The molecule has 0 spiro atoms. The number of benzene rings is 2. The molecule has 4 rings (SSSR count). The summed E-state index contributed by atoms with van der Waals surface area (Å²) in [6, 6.07) is 9.15. The summed E-state index contributed by atoms with van der Waals surface area (Å²) in [5.41, 5.74) is 0.733. The van der Waals surface area contributed by atoms with Gasteiger partial charge in [0.15, 0.2) is 17.6 Å². The van der Waals surface area contributed by atoms with Crippen molar-refractivity contribution in [3.8, 4) is 28.7 Å². The molecule has 0 radical (unpaired) electrons. The zero-order valence-corrected chi connectivity index (χ0v) is 15.0. The Morgan fingerprint density at radius 2 is 1.88 bits per heavy atom. The fraction of sp³-hybridized carbons (Fsp3) is 0.294. The molecule has 1 N–H and O–H groups in total. The molecule has 0 saturated heterocycles. The highest BCUT2D eigenvalue weighted by atomic mass is 127. The number of rotatable bonds is 3. The second kappa shape index (κ2) is 6.21. The Bertz CT molecular complexity index is 778. The minimum Gasteiger partial charge on any atom is -0.497 e. The van der Waals surface area contributed by atoms with Crippen molar-refractivity contribution in [2.24, 2.45) is 0 Å². The van der Waals surface area contributed by atoms with Gasteiger partial charge < -0.3 is 28.8 Å². The molecule has 126 valence electrons. The standard InChI is InChI=1S/C17H15IO6/c1-20-9-2-3-11(18)14(4-9)24-17-10-5-15-16(23-8-22-15)6-13(10)21-7-12(17)19/h2-6,12,17,19H,7-8H2,1H3/t12-,17-/m1/s1. The lowest BCUT2D eigenvalue weighted by Gasteiger charge is -2.31. The van der Waals surface area contributed by atoms with Gasteiger partial charge in [-0.05, 0) is 40.8 Å². The second-order valence-corrected chi connectivity index (χ2v) is 6.62. The van der Waals surface area contributed by atoms with Gasteiger partial charge in [0, 0.05) is 17.7 Å². The fourth-order valence-electron chi connectivity index (χ4n) is 2.74. The van der Waals surface area contributed by atoms with E-state index in [1.54, 1.807) is 25.3 Å². The predicted molar refractivity (Wildman–Crippen MR) is 93.1 cm³/mol. The summed E-state index contributed by atoms with van der Waals surface area (Å²) in [5, 5.41) is 10.4. The second-order valence-electron chi connectivity index (χ2n) is 5.46. The Kier molecular flexibility index (Phi) is 4.05. The molecule has 0 saturated carbocycles. The fourth-order valence-corrected chi connectivity index (χ4v) is 3.20. The van der Waals surface area contributed by atoms with Crippen molar-refractivity contribution < 1.29 is 28.8 Å². The molecule has 2 aliphatic rings. The summed E-state index contributed by atoms with van der Waals surface area (Å²) in [6.07, 6.45) is -1.36. The maximum atomic E-state index is 10.4. The van der Waals surface area contributed by atoms with E-state index in [-0.39, 0.29) is 13.4 Å². The average Bonchev–Trinajstić information content (AvgIpc) is 3.05. The van der Waals surface area contributed by atoms with Gasteiger partial charge in [-0.3, -0.25) is 0 Å².